The zero-order chi connectivity index (χ0) is 15.1. The standard InChI is InChI=1S/C16H28N2O2/c1-5-6-7-8-9-13(4)20-16(19)15-10-14(17)11-18(15)12(2)3/h10-13H,5-9,17H2,1-4H3. The molecule has 1 rings (SSSR count). The lowest BCUT2D eigenvalue weighted by Gasteiger charge is -2.16. The Morgan fingerprint density at radius 3 is 2.60 bits per heavy atom. The number of rotatable bonds is 8. The Morgan fingerprint density at radius 1 is 1.30 bits per heavy atom. The maximum Gasteiger partial charge on any atom is 0.355 e. The number of esters is 1. The second kappa shape index (κ2) is 7.98. The van der Waals surface area contributed by atoms with E-state index in [1.807, 2.05) is 25.3 Å². The van der Waals surface area contributed by atoms with Gasteiger partial charge in [-0.2, -0.15) is 0 Å². The molecule has 1 unspecified atom stereocenters. The molecule has 0 radical (unpaired) electrons. The Balaban J connectivity index is 2.53. The minimum absolute atomic E-state index is 0.0453. The van der Waals surface area contributed by atoms with Crippen molar-refractivity contribution < 1.29 is 9.53 Å². The Hall–Kier alpha value is -1.45. The van der Waals surface area contributed by atoms with Gasteiger partial charge in [-0.15, -0.1) is 0 Å². The van der Waals surface area contributed by atoms with Crippen LogP contribution in [-0.2, 0) is 4.74 Å². The lowest BCUT2D eigenvalue weighted by molar-refractivity contribution is 0.0305. The molecule has 4 nitrogen and oxygen atoms in total. The number of nitrogens with zero attached hydrogens (tertiary/aromatic N) is 1. The number of hydrogen-bond donors (Lipinski definition) is 1. The van der Waals surface area contributed by atoms with Gasteiger partial charge in [-0.05, 0) is 39.7 Å². The van der Waals surface area contributed by atoms with Gasteiger partial charge in [0.1, 0.15) is 5.69 Å². The van der Waals surface area contributed by atoms with Crippen molar-refractivity contribution >= 4 is 11.7 Å². The van der Waals surface area contributed by atoms with E-state index in [0.717, 1.165) is 12.8 Å². The molecule has 0 aliphatic carbocycles. The van der Waals surface area contributed by atoms with E-state index in [0.29, 0.717) is 11.4 Å². The summed E-state index contributed by atoms with van der Waals surface area (Å²) in [7, 11) is 0. The Morgan fingerprint density at radius 2 is 2.00 bits per heavy atom. The van der Waals surface area contributed by atoms with E-state index in [9.17, 15) is 4.79 Å². The second-order valence-corrected chi connectivity index (χ2v) is 5.72. The molecule has 0 spiro atoms. The summed E-state index contributed by atoms with van der Waals surface area (Å²) in [6, 6.07) is 1.88. The van der Waals surface area contributed by atoms with Crippen LogP contribution in [0.4, 0.5) is 5.69 Å². The van der Waals surface area contributed by atoms with Crippen molar-refractivity contribution in [2.24, 2.45) is 0 Å². The number of carbonyl (C=O) groups is 1. The van der Waals surface area contributed by atoms with Gasteiger partial charge in [-0.3, -0.25) is 0 Å². The summed E-state index contributed by atoms with van der Waals surface area (Å²) in [6.07, 6.45) is 7.43. The average molecular weight is 280 g/mol. The summed E-state index contributed by atoms with van der Waals surface area (Å²) in [5.74, 6) is -0.279. The molecular formula is C16H28N2O2. The first-order chi connectivity index (χ1) is 9.45. The highest BCUT2D eigenvalue weighted by Gasteiger charge is 2.18. The topological polar surface area (TPSA) is 57.2 Å². The SMILES string of the molecule is CCCCCCC(C)OC(=O)c1cc(N)cn1C(C)C. The van der Waals surface area contributed by atoms with Gasteiger partial charge in [0.05, 0.1) is 11.8 Å². The third-order valence-electron chi connectivity index (χ3n) is 3.41. The maximum atomic E-state index is 12.2. The summed E-state index contributed by atoms with van der Waals surface area (Å²) in [5.41, 5.74) is 6.91. The van der Waals surface area contributed by atoms with Gasteiger partial charge in [-0.1, -0.05) is 26.2 Å². The summed E-state index contributed by atoms with van der Waals surface area (Å²) >= 11 is 0. The van der Waals surface area contributed by atoms with Crippen LogP contribution in [0, 0.1) is 0 Å². The van der Waals surface area contributed by atoms with Gasteiger partial charge in [0.25, 0.3) is 0 Å². The zero-order valence-corrected chi connectivity index (χ0v) is 13.2. The highest BCUT2D eigenvalue weighted by atomic mass is 16.5. The van der Waals surface area contributed by atoms with E-state index in [2.05, 4.69) is 6.92 Å². The Kier molecular flexibility index (Phi) is 6.62. The fourth-order valence-electron chi connectivity index (χ4n) is 2.25. The maximum absolute atomic E-state index is 12.2. The summed E-state index contributed by atoms with van der Waals surface area (Å²) in [6.45, 7) is 8.18. The van der Waals surface area contributed by atoms with E-state index >= 15 is 0 Å². The first-order valence-corrected chi connectivity index (χ1v) is 7.64. The number of nitrogens with two attached hydrogens (primary N) is 1. The van der Waals surface area contributed by atoms with E-state index in [-0.39, 0.29) is 18.1 Å². The van der Waals surface area contributed by atoms with E-state index < -0.39 is 0 Å². The molecule has 0 saturated heterocycles. The fraction of sp³-hybridized carbons (Fsp3) is 0.688. The molecule has 2 N–H and O–H groups in total. The van der Waals surface area contributed by atoms with E-state index in [4.69, 9.17) is 10.5 Å². The number of unbranched alkanes of at least 4 members (excludes halogenated alkanes) is 3. The Bertz CT molecular complexity index is 424. The van der Waals surface area contributed by atoms with Crippen LogP contribution in [0.15, 0.2) is 12.3 Å². The molecule has 0 aromatic carbocycles. The van der Waals surface area contributed by atoms with Crippen LogP contribution < -0.4 is 5.73 Å². The number of carbonyl (C=O) groups excluding carboxylic acids is 1. The summed E-state index contributed by atoms with van der Waals surface area (Å²) < 4.78 is 7.37. The number of anilines is 1. The van der Waals surface area contributed by atoms with Gasteiger partial charge in [0, 0.05) is 12.2 Å². The van der Waals surface area contributed by atoms with E-state index in [1.54, 1.807) is 12.3 Å². The van der Waals surface area contributed by atoms with Crippen molar-refractivity contribution in [3.05, 3.63) is 18.0 Å². The molecule has 0 bridgehead atoms. The molecule has 1 heterocycles. The monoisotopic (exact) mass is 280 g/mol. The lowest BCUT2D eigenvalue weighted by Crippen LogP contribution is -2.18. The smallest absolute Gasteiger partial charge is 0.355 e. The largest absolute Gasteiger partial charge is 0.458 e. The van der Waals surface area contributed by atoms with Crippen LogP contribution in [0.5, 0.6) is 0 Å². The van der Waals surface area contributed by atoms with E-state index in [1.165, 1.54) is 19.3 Å². The molecule has 0 saturated carbocycles. The predicted octanol–water partition coefficient (Wildman–Crippen LogP) is 4.17. The molecule has 1 atom stereocenters. The van der Waals surface area contributed by atoms with Crippen LogP contribution in [0.25, 0.3) is 0 Å². The molecule has 1 aromatic rings. The minimum Gasteiger partial charge on any atom is -0.458 e. The van der Waals surface area contributed by atoms with Gasteiger partial charge >= 0.3 is 5.97 Å². The van der Waals surface area contributed by atoms with Crippen molar-refractivity contribution in [2.75, 3.05) is 5.73 Å². The first-order valence-electron chi connectivity index (χ1n) is 7.64. The van der Waals surface area contributed by atoms with Crippen LogP contribution in [0.2, 0.25) is 0 Å². The van der Waals surface area contributed by atoms with Gasteiger partial charge in [0.2, 0.25) is 0 Å². The average Bonchev–Trinajstić information content (AvgIpc) is 2.77. The number of nitrogen functional groups attached to an aromatic ring is 1. The highest BCUT2D eigenvalue weighted by molar-refractivity contribution is 5.89. The molecule has 4 heteroatoms. The molecule has 20 heavy (non-hydrogen) atoms. The molecular weight excluding hydrogens is 252 g/mol. The third kappa shape index (κ3) is 4.91. The number of aromatic nitrogens is 1. The Labute approximate surface area is 122 Å². The zero-order valence-electron chi connectivity index (χ0n) is 13.2. The van der Waals surface area contributed by atoms with Crippen molar-refractivity contribution in [1.29, 1.82) is 0 Å². The van der Waals surface area contributed by atoms with Crippen LogP contribution in [0.1, 0.15) is 76.3 Å². The third-order valence-corrected chi connectivity index (χ3v) is 3.41. The molecule has 1 aromatic heterocycles. The van der Waals surface area contributed by atoms with Crippen molar-refractivity contribution in [3.63, 3.8) is 0 Å². The first kappa shape index (κ1) is 16.6. The van der Waals surface area contributed by atoms with Crippen molar-refractivity contribution in [1.82, 2.24) is 4.57 Å². The fourth-order valence-corrected chi connectivity index (χ4v) is 2.25. The number of hydrogen-bond acceptors (Lipinski definition) is 3. The lowest BCUT2D eigenvalue weighted by atomic mass is 10.1. The molecule has 0 fully saturated rings. The summed E-state index contributed by atoms with van der Waals surface area (Å²) in [4.78, 5) is 12.2. The van der Waals surface area contributed by atoms with Crippen LogP contribution in [0.3, 0.4) is 0 Å². The van der Waals surface area contributed by atoms with Crippen molar-refractivity contribution in [2.45, 2.75) is 71.9 Å². The van der Waals surface area contributed by atoms with Gasteiger partial charge in [0.15, 0.2) is 0 Å². The van der Waals surface area contributed by atoms with Crippen LogP contribution in [-0.4, -0.2) is 16.6 Å². The van der Waals surface area contributed by atoms with Gasteiger partial charge < -0.3 is 15.0 Å². The molecule has 0 amide bonds. The molecule has 0 aliphatic rings. The second-order valence-electron chi connectivity index (χ2n) is 5.72. The normalized spacial score (nSPS) is 12.7. The quantitative estimate of drug-likeness (QED) is 0.574. The minimum atomic E-state index is -0.279. The molecule has 114 valence electrons. The van der Waals surface area contributed by atoms with Crippen molar-refractivity contribution in [3.8, 4) is 0 Å². The van der Waals surface area contributed by atoms with Crippen LogP contribution >= 0.6 is 0 Å². The molecule has 0 aliphatic heterocycles. The predicted molar refractivity (Wildman–Crippen MR) is 82.9 cm³/mol. The highest BCUT2D eigenvalue weighted by Crippen LogP contribution is 2.18. The number of ether oxygens (including phenoxy) is 1. The summed E-state index contributed by atoms with van der Waals surface area (Å²) in [5, 5.41) is 0. The van der Waals surface area contributed by atoms with Gasteiger partial charge in [-0.25, -0.2) is 4.79 Å².